The van der Waals surface area contributed by atoms with E-state index in [0.29, 0.717) is 18.7 Å². The number of aliphatic hydroxyl groups excluding tert-OH is 1. The second kappa shape index (κ2) is 8.71. The van der Waals surface area contributed by atoms with E-state index in [1.54, 1.807) is 46.6 Å². The molecule has 1 N–H and O–H groups in total. The fourth-order valence-electron chi connectivity index (χ4n) is 3.54. The summed E-state index contributed by atoms with van der Waals surface area (Å²) >= 11 is 1.67. The molecular weight excluding hydrogens is 388 g/mol. The van der Waals surface area contributed by atoms with Gasteiger partial charge in [0.05, 0.1) is 15.2 Å². The Kier molecular flexibility index (Phi) is 5.87. The lowest BCUT2D eigenvalue weighted by molar-refractivity contribution is -0.160. The van der Waals surface area contributed by atoms with Crippen LogP contribution in [-0.2, 0) is 14.3 Å². The van der Waals surface area contributed by atoms with E-state index < -0.39 is 12.1 Å². The van der Waals surface area contributed by atoms with E-state index in [2.05, 4.69) is 6.07 Å². The Morgan fingerprint density at radius 2 is 1.93 bits per heavy atom. The van der Waals surface area contributed by atoms with Gasteiger partial charge in [-0.25, -0.2) is 9.78 Å². The molecular formula is C22H22N2O4S. The van der Waals surface area contributed by atoms with Crippen LogP contribution in [0.4, 0.5) is 0 Å². The summed E-state index contributed by atoms with van der Waals surface area (Å²) in [5.41, 5.74) is 1.43. The molecule has 1 saturated heterocycles. The Morgan fingerprint density at radius 3 is 2.72 bits per heavy atom. The maximum absolute atomic E-state index is 12.6. The Bertz CT molecular complexity index is 971. The van der Waals surface area contributed by atoms with Crippen LogP contribution in [0.25, 0.3) is 10.2 Å². The van der Waals surface area contributed by atoms with Gasteiger partial charge in [-0.1, -0.05) is 42.5 Å². The Balaban J connectivity index is 1.34. The molecule has 7 heteroatoms. The summed E-state index contributed by atoms with van der Waals surface area (Å²) in [5.74, 6) is -0.871. The number of hydrogen-bond donors (Lipinski definition) is 1. The molecule has 0 bridgehead atoms. The molecule has 4 rings (SSSR count). The molecule has 1 fully saturated rings. The van der Waals surface area contributed by atoms with Crippen molar-refractivity contribution in [2.45, 2.75) is 24.9 Å². The Hall–Kier alpha value is -2.77. The molecule has 2 atom stereocenters. The lowest BCUT2D eigenvalue weighted by Gasteiger charge is -2.31. The topological polar surface area (TPSA) is 79.7 Å². The van der Waals surface area contributed by atoms with E-state index in [9.17, 15) is 14.7 Å². The van der Waals surface area contributed by atoms with Crippen molar-refractivity contribution in [3.05, 3.63) is 65.2 Å². The third kappa shape index (κ3) is 4.46. The average molecular weight is 410 g/mol. The standard InChI is InChI=1S/C22H22N2O4S/c25-19(14-28-22(27)20(26)15-7-2-1-3-8-15)24-12-6-9-16(13-24)21-23-17-10-4-5-11-18(17)29-21/h1-5,7-8,10-11,16,20,26H,6,9,12-14H2/t16-,20+/m0/s1. The maximum atomic E-state index is 12.6. The first-order valence-corrected chi connectivity index (χ1v) is 10.5. The highest BCUT2D eigenvalue weighted by atomic mass is 32.1. The monoisotopic (exact) mass is 410 g/mol. The molecule has 0 aliphatic carbocycles. The van der Waals surface area contributed by atoms with E-state index in [1.807, 2.05) is 18.2 Å². The number of nitrogens with zero attached hydrogens (tertiary/aromatic N) is 2. The van der Waals surface area contributed by atoms with Crippen molar-refractivity contribution >= 4 is 33.4 Å². The average Bonchev–Trinajstić information content (AvgIpc) is 3.22. The van der Waals surface area contributed by atoms with Gasteiger partial charge < -0.3 is 14.7 Å². The van der Waals surface area contributed by atoms with Gasteiger partial charge in [-0.05, 0) is 30.5 Å². The fourth-order valence-corrected chi connectivity index (χ4v) is 4.64. The third-order valence-corrected chi connectivity index (χ3v) is 6.31. The number of aromatic nitrogens is 1. The lowest BCUT2D eigenvalue weighted by atomic mass is 9.99. The first kappa shape index (κ1) is 19.5. The summed E-state index contributed by atoms with van der Waals surface area (Å²) in [6, 6.07) is 16.6. The Labute approximate surface area is 172 Å². The van der Waals surface area contributed by atoms with Gasteiger partial charge in [-0.2, -0.15) is 0 Å². The summed E-state index contributed by atoms with van der Waals surface area (Å²) in [6.07, 6.45) is 0.476. The van der Waals surface area contributed by atoms with Crippen LogP contribution in [0.3, 0.4) is 0 Å². The number of ether oxygens (including phenoxy) is 1. The van der Waals surface area contributed by atoms with Crippen molar-refractivity contribution < 1.29 is 19.4 Å². The van der Waals surface area contributed by atoms with Crippen LogP contribution in [0.2, 0.25) is 0 Å². The van der Waals surface area contributed by atoms with E-state index in [-0.39, 0.29) is 18.4 Å². The molecule has 150 valence electrons. The number of rotatable bonds is 5. The van der Waals surface area contributed by atoms with Crippen molar-refractivity contribution in [2.75, 3.05) is 19.7 Å². The van der Waals surface area contributed by atoms with Gasteiger partial charge >= 0.3 is 5.97 Å². The molecule has 0 spiro atoms. The van der Waals surface area contributed by atoms with Gasteiger partial charge in [-0.3, -0.25) is 4.79 Å². The van der Waals surface area contributed by atoms with Crippen LogP contribution in [-0.4, -0.2) is 46.6 Å². The summed E-state index contributed by atoms with van der Waals surface area (Å²) in [4.78, 5) is 31.1. The number of hydrogen-bond acceptors (Lipinski definition) is 6. The number of aliphatic hydroxyl groups is 1. The summed E-state index contributed by atoms with van der Waals surface area (Å²) in [5, 5.41) is 11.1. The van der Waals surface area contributed by atoms with Gasteiger partial charge in [0.1, 0.15) is 0 Å². The van der Waals surface area contributed by atoms with Crippen LogP contribution in [0.5, 0.6) is 0 Å². The highest BCUT2D eigenvalue weighted by Crippen LogP contribution is 2.33. The molecule has 0 unspecified atom stereocenters. The number of amides is 1. The molecule has 1 amide bonds. The lowest BCUT2D eigenvalue weighted by Crippen LogP contribution is -2.41. The van der Waals surface area contributed by atoms with Crippen molar-refractivity contribution in [2.24, 2.45) is 0 Å². The van der Waals surface area contributed by atoms with Gasteiger partial charge in [0.15, 0.2) is 12.7 Å². The molecule has 0 radical (unpaired) electrons. The molecule has 29 heavy (non-hydrogen) atoms. The molecule has 0 saturated carbocycles. The number of carbonyl (C=O) groups excluding carboxylic acids is 2. The highest BCUT2D eigenvalue weighted by molar-refractivity contribution is 7.18. The zero-order valence-corrected chi connectivity index (χ0v) is 16.7. The van der Waals surface area contributed by atoms with Crippen LogP contribution < -0.4 is 0 Å². The number of carbonyl (C=O) groups is 2. The molecule has 2 heterocycles. The van der Waals surface area contributed by atoms with Crippen LogP contribution in [0, 0.1) is 0 Å². The van der Waals surface area contributed by atoms with Gasteiger partial charge in [0.2, 0.25) is 0 Å². The van der Waals surface area contributed by atoms with Crippen molar-refractivity contribution in [1.82, 2.24) is 9.88 Å². The maximum Gasteiger partial charge on any atom is 0.340 e. The van der Waals surface area contributed by atoms with Crippen LogP contribution in [0.15, 0.2) is 54.6 Å². The normalized spacial score (nSPS) is 17.8. The first-order valence-electron chi connectivity index (χ1n) is 9.64. The van der Waals surface area contributed by atoms with E-state index in [1.165, 1.54) is 0 Å². The number of piperidine rings is 1. The number of para-hydroxylation sites is 1. The summed E-state index contributed by atoms with van der Waals surface area (Å²) in [6.45, 7) is 0.839. The fraction of sp³-hybridized carbons (Fsp3) is 0.318. The SMILES string of the molecule is O=C(OCC(=O)N1CCC[C@H](c2nc3ccccc3s2)C1)[C@H](O)c1ccccc1. The third-order valence-electron chi connectivity index (χ3n) is 5.11. The molecule has 3 aromatic rings. The predicted molar refractivity (Wildman–Crippen MR) is 111 cm³/mol. The smallest absolute Gasteiger partial charge is 0.340 e. The minimum Gasteiger partial charge on any atom is -0.453 e. The number of esters is 1. The number of thiazole rings is 1. The zero-order valence-electron chi connectivity index (χ0n) is 15.9. The number of benzene rings is 2. The first-order chi connectivity index (χ1) is 14.1. The zero-order chi connectivity index (χ0) is 20.2. The molecule has 1 aromatic heterocycles. The van der Waals surface area contributed by atoms with Crippen molar-refractivity contribution in [1.29, 1.82) is 0 Å². The van der Waals surface area contributed by atoms with E-state index >= 15 is 0 Å². The second-order valence-corrected chi connectivity index (χ2v) is 8.18. The second-order valence-electron chi connectivity index (χ2n) is 7.12. The predicted octanol–water partition coefficient (Wildman–Crippen LogP) is 3.28. The number of likely N-dealkylation sites (tertiary alicyclic amines) is 1. The molecule has 2 aromatic carbocycles. The largest absolute Gasteiger partial charge is 0.453 e. The molecule has 1 aliphatic rings. The van der Waals surface area contributed by atoms with Gasteiger partial charge in [0.25, 0.3) is 5.91 Å². The summed E-state index contributed by atoms with van der Waals surface area (Å²) < 4.78 is 6.22. The minimum atomic E-state index is -1.39. The number of fused-ring (bicyclic) bond motifs is 1. The quantitative estimate of drug-likeness (QED) is 0.653. The minimum absolute atomic E-state index is 0.190. The van der Waals surface area contributed by atoms with Gasteiger partial charge in [0, 0.05) is 19.0 Å². The molecule has 6 nitrogen and oxygen atoms in total. The van der Waals surface area contributed by atoms with Crippen molar-refractivity contribution in [3.8, 4) is 0 Å². The van der Waals surface area contributed by atoms with E-state index in [4.69, 9.17) is 9.72 Å². The molecule has 1 aliphatic heterocycles. The van der Waals surface area contributed by atoms with Crippen LogP contribution in [0.1, 0.15) is 35.4 Å². The Morgan fingerprint density at radius 1 is 1.17 bits per heavy atom. The van der Waals surface area contributed by atoms with E-state index in [0.717, 1.165) is 28.1 Å². The van der Waals surface area contributed by atoms with Crippen LogP contribution >= 0.6 is 11.3 Å². The highest BCUT2D eigenvalue weighted by Gasteiger charge is 2.28. The van der Waals surface area contributed by atoms with Gasteiger partial charge in [-0.15, -0.1) is 11.3 Å². The summed E-state index contributed by atoms with van der Waals surface area (Å²) in [7, 11) is 0. The van der Waals surface area contributed by atoms with Crippen molar-refractivity contribution in [3.63, 3.8) is 0 Å².